The molecule has 0 saturated carbocycles. The number of hydrogen-bond donors (Lipinski definition) is 1. The van der Waals surface area contributed by atoms with Crippen LogP contribution in [-0.2, 0) is 16.0 Å². The maximum Gasteiger partial charge on any atom is 0.323 e. The normalized spacial score (nSPS) is 18.2. The van der Waals surface area contributed by atoms with Crippen molar-refractivity contribution < 1.29 is 9.53 Å². The van der Waals surface area contributed by atoms with E-state index in [9.17, 15) is 4.79 Å². The molecular formula is C20H31ClN2O2. The highest BCUT2D eigenvalue weighted by Gasteiger charge is 2.29. The fourth-order valence-electron chi connectivity index (χ4n) is 3.34. The first-order valence-electron chi connectivity index (χ1n) is 9.00. The molecule has 0 bridgehead atoms. The minimum atomic E-state index is -0.257. The minimum absolute atomic E-state index is 0. The molecule has 2 rings (SSSR count). The van der Waals surface area contributed by atoms with Gasteiger partial charge in [0.15, 0.2) is 0 Å². The zero-order chi connectivity index (χ0) is 17.2. The number of piperidine rings is 1. The molecule has 1 heterocycles. The Kier molecular flexibility index (Phi) is 10.5. The number of carbonyl (C=O) groups is 1. The Morgan fingerprint density at radius 1 is 1.44 bits per heavy atom. The summed E-state index contributed by atoms with van der Waals surface area (Å²) >= 11 is 0. The van der Waals surface area contributed by atoms with Crippen molar-refractivity contribution in [1.82, 2.24) is 10.2 Å². The number of esters is 1. The summed E-state index contributed by atoms with van der Waals surface area (Å²) in [6.45, 7) is 9.88. The van der Waals surface area contributed by atoms with E-state index in [-0.39, 0.29) is 24.4 Å². The highest BCUT2D eigenvalue weighted by atomic mass is 35.5. The van der Waals surface area contributed by atoms with Gasteiger partial charge in [-0.2, -0.15) is 0 Å². The van der Waals surface area contributed by atoms with Crippen LogP contribution < -0.4 is 5.32 Å². The van der Waals surface area contributed by atoms with E-state index in [1.54, 1.807) is 0 Å². The second-order valence-electron chi connectivity index (χ2n) is 6.41. The molecule has 1 fully saturated rings. The monoisotopic (exact) mass is 366 g/mol. The Morgan fingerprint density at radius 2 is 2.20 bits per heavy atom. The zero-order valence-electron chi connectivity index (χ0n) is 15.2. The van der Waals surface area contributed by atoms with E-state index in [0.29, 0.717) is 25.5 Å². The van der Waals surface area contributed by atoms with Gasteiger partial charge in [0, 0.05) is 13.1 Å². The Hall–Kier alpha value is -1.36. The van der Waals surface area contributed by atoms with Crippen LogP contribution in [0.1, 0.15) is 25.3 Å². The summed E-state index contributed by atoms with van der Waals surface area (Å²) < 4.78 is 5.36. The zero-order valence-corrected chi connectivity index (χ0v) is 16.0. The largest absolute Gasteiger partial charge is 0.465 e. The van der Waals surface area contributed by atoms with E-state index in [4.69, 9.17) is 4.74 Å². The van der Waals surface area contributed by atoms with Gasteiger partial charge in [0.05, 0.1) is 6.61 Å². The van der Waals surface area contributed by atoms with Crippen molar-refractivity contribution in [1.29, 1.82) is 0 Å². The number of carbonyl (C=O) groups excluding carboxylic acids is 1. The van der Waals surface area contributed by atoms with Gasteiger partial charge in [-0.1, -0.05) is 36.4 Å². The minimum Gasteiger partial charge on any atom is -0.465 e. The van der Waals surface area contributed by atoms with Crippen molar-refractivity contribution in [3.63, 3.8) is 0 Å². The van der Waals surface area contributed by atoms with Crippen molar-refractivity contribution in [3.8, 4) is 0 Å². The summed E-state index contributed by atoms with van der Waals surface area (Å²) in [5.41, 5.74) is 1.16. The number of halogens is 1. The van der Waals surface area contributed by atoms with Gasteiger partial charge in [0.1, 0.15) is 6.04 Å². The lowest BCUT2D eigenvalue weighted by atomic mass is 9.97. The van der Waals surface area contributed by atoms with Crippen molar-refractivity contribution in [3.05, 3.63) is 48.6 Å². The lowest BCUT2D eigenvalue weighted by Crippen LogP contribution is -2.48. The quantitative estimate of drug-likeness (QED) is 0.538. The second-order valence-corrected chi connectivity index (χ2v) is 6.41. The third-order valence-electron chi connectivity index (χ3n) is 4.53. The van der Waals surface area contributed by atoms with Crippen molar-refractivity contribution >= 4 is 18.4 Å². The highest BCUT2D eigenvalue weighted by Crippen LogP contribution is 2.17. The first kappa shape index (κ1) is 21.7. The molecular weight excluding hydrogens is 336 g/mol. The van der Waals surface area contributed by atoms with Crippen LogP contribution in [-0.4, -0.2) is 49.7 Å². The molecule has 2 unspecified atom stereocenters. The SMILES string of the molecule is C=CCN(CC1CCCNC1)C(Cc1ccccc1)C(=O)OCC.Cl. The highest BCUT2D eigenvalue weighted by molar-refractivity contribution is 5.85. The molecule has 1 aromatic rings. The van der Waals surface area contributed by atoms with Gasteiger partial charge in [-0.3, -0.25) is 9.69 Å². The Balaban J connectivity index is 0.00000312. The molecule has 5 heteroatoms. The van der Waals surface area contributed by atoms with Crippen LogP contribution in [0.25, 0.3) is 0 Å². The molecule has 0 spiro atoms. The van der Waals surface area contributed by atoms with Crippen LogP contribution in [0, 0.1) is 5.92 Å². The molecule has 1 aromatic carbocycles. The van der Waals surface area contributed by atoms with Crippen LogP contribution in [0.3, 0.4) is 0 Å². The van der Waals surface area contributed by atoms with Crippen LogP contribution in [0.4, 0.5) is 0 Å². The second kappa shape index (κ2) is 12.1. The van der Waals surface area contributed by atoms with Crippen molar-refractivity contribution in [2.45, 2.75) is 32.2 Å². The Bertz CT molecular complexity index is 504. The van der Waals surface area contributed by atoms with E-state index in [1.165, 1.54) is 12.8 Å². The molecule has 0 radical (unpaired) electrons. The predicted molar refractivity (Wildman–Crippen MR) is 105 cm³/mol. The molecule has 4 nitrogen and oxygen atoms in total. The predicted octanol–water partition coefficient (Wildman–Crippen LogP) is 3.07. The molecule has 0 amide bonds. The van der Waals surface area contributed by atoms with Gasteiger partial charge >= 0.3 is 5.97 Å². The molecule has 2 atom stereocenters. The molecule has 1 aliphatic heterocycles. The fraction of sp³-hybridized carbons (Fsp3) is 0.550. The molecule has 0 aromatic heterocycles. The van der Waals surface area contributed by atoms with E-state index >= 15 is 0 Å². The lowest BCUT2D eigenvalue weighted by Gasteiger charge is -2.34. The van der Waals surface area contributed by atoms with Crippen LogP contribution in [0.2, 0.25) is 0 Å². The summed E-state index contributed by atoms with van der Waals surface area (Å²) in [6.07, 6.45) is 4.97. The van der Waals surface area contributed by atoms with Crippen LogP contribution in [0.15, 0.2) is 43.0 Å². The number of nitrogens with zero attached hydrogens (tertiary/aromatic N) is 1. The first-order valence-corrected chi connectivity index (χ1v) is 9.00. The topological polar surface area (TPSA) is 41.6 Å². The summed E-state index contributed by atoms with van der Waals surface area (Å²) in [4.78, 5) is 14.8. The van der Waals surface area contributed by atoms with Gasteiger partial charge in [-0.05, 0) is 50.8 Å². The lowest BCUT2D eigenvalue weighted by molar-refractivity contribution is -0.149. The number of ether oxygens (including phenoxy) is 1. The molecule has 140 valence electrons. The average Bonchev–Trinajstić information content (AvgIpc) is 2.61. The van der Waals surface area contributed by atoms with Crippen LogP contribution in [0.5, 0.6) is 0 Å². The number of benzene rings is 1. The number of rotatable bonds is 9. The van der Waals surface area contributed by atoms with E-state index in [1.807, 2.05) is 31.2 Å². The molecule has 0 aliphatic carbocycles. The van der Waals surface area contributed by atoms with Gasteiger partial charge < -0.3 is 10.1 Å². The van der Waals surface area contributed by atoms with E-state index < -0.39 is 0 Å². The van der Waals surface area contributed by atoms with E-state index in [2.05, 4.69) is 28.9 Å². The summed E-state index contributed by atoms with van der Waals surface area (Å²) in [5.74, 6) is 0.443. The van der Waals surface area contributed by atoms with Gasteiger partial charge in [0.2, 0.25) is 0 Å². The summed E-state index contributed by atoms with van der Waals surface area (Å²) in [6, 6.07) is 9.91. The molecule has 1 aliphatic rings. The average molecular weight is 367 g/mol. The molecule has 25 heavy (non-hydrogen) atoms. The maximum atomic E-state index is 12.6. The van der Waals surface area contributed by atoms with E-state index in [0.717, 1.165) is 25.2 Å². The Morgan fingerprint density at radius 3 is 2.80 bits per heavy atom. The summed E-state index contributed by atoms with van der Waals surface area (Å²) in [5, 5.41) is 3.46. The number of hydrogen-bond acceptors (Lipinski definition) is 4. The third kappa shape index (κ3) is 7.18. The fourth-order valence-corrected chi connectivity index (χ4v) is 3.34. The smallest absolute Gasteiger partial charge is 0.323 e. The summed E-state index contributed by atoms with van der Waals surface area (Å²) in [7, 11) is 0. The van der Waals surface area contributed by atoms with Crippen molar-refractivity contribution in [2.24, 2.45) is 5.92 Å². The van der Waals surface area contributed by atoms with Gasteiger partial charge in [-0.15, -0.1) is 19.0 Å². The van der Waals surface area contributed by atoms with Crippen molar-refractivity contribution in [2.75, 3.05) is 32.8 Å². The molecule has 1 saturated heterocycles. The number of nitrogens with one attached hydrogen (secondary N) is 1. The third-order valence-corrected chi connectivity index (χ3v) is 4.53. The van der Waals surface area contributed by atoms with Gasteiger partial charge in [-0.25, -0.2) is 0 Å². The first-order chi connectivity index (χ1) is 11.7. The van der Waals surface area contributed by atoms with Gasteiger partial charge in [0.25, 0.3) is 0 Å². The Labute approximate surface area is 158 Å². The maximum absolute atomic E-state index is 12.6. The molecule has 1 N–H and O–H groups in total. The standard InChI is InChI=1S/C20H30N2O2.ClH/c1-3-13-22(16-18-11-8-12-21-15-18)19(20(23)24-4-2)14-17-9-6-5-7-10-17;/h3,5-7,9-10,18-19,21H,1,4,8,11-16H2,2H3;1H. The van der Waals surface area contributed by atoms with Crippen LogP contribution >= 0.6 is 12.4 Å².